The molecule has 0 spiro atoms. The maximum Gasteiger partial charge on any atom is 0.193 e. The average Bonchev–Trinajstić information content (AvgIpc) is 2.68. The number of nitrogens with two attached hydrogens (primary N) is 1. The summed E-state index contributed by atoms with van der Waals surface area (Å²) >= 11 is 0. The molecule has 0 aromatic heterocycles. The van der Waals surface area contributed by atoms with Gasteiger partial charge in [-0.3, -0.25) is 4.99 Å². The minimum absolute atomic E-state index is 0.397. The first-order valence-corrected chi connectivity index (χ1v) is 8.69. The van der Waals surface area contributed by atoms with Crippen molar-refractivity contribution in [2.24, 2.45) is 10.7 Å². The van der Waals surface area contributed by atoms with Crippen LogP contribution < -0.4 is 25.4 Å². The Morgan fingerprint density at radius 2 is 1.77 bits per heavy atom. The molecular formula is C20H28N4O2. The summed E-state index contributed by atoms with van der Waals surface area (Å²) in [6.45, 7) is 1.68. The number of methoxy groups -OCH3 is 2. The molecule has 26 heavy (non-hydrogen) atoms. The predicted octanol–water partition coefficient (Wildman–Crippen LogP) is 3.35. The van der Waals surface area contributed by atoms with E-state index in [1.165, 1.54) is 5.69 Å². The van der Waals surface area contributed by atoms with Gasteiger partial charge in [0, 0.05) is 37.6 Å². The van der Waals surface area contributed by atoms with Crippen LogP contribution in [0.3, 0.4) is 0 Å². The van der Waals surface area contributed by atoms with E-state index >= 15 is 0 Å². The minimum Gasteiger partial charge on any atom is -0.493 e. The third kappa shape index (κ3) is 5.88. The number of para-hydroxylation sites is 1. The van der Waals surface area contributed by atoms with Crippen LogP contribution in [0.1, 0.15) is 12.8 Å². The molecule has 6 heteroatoms. The van der Waals surface area contributed by atoms with Crippen LogP contribution in [0.2, 0.25) is 0 Å². The second-order valence-corrected chi connectivity index (χ2v) is 5.93. The van der Waals surface area contributed by atoms with Crippen molar-refractivity contribution in [3.63, 3.8) is 0 Å². The van der Waals surface area contributed by atoms with Crippen molar-refractivity contribution in [3.05, 3.63) is 48.5 Å². The zero-order chi connectivity index (χ0) is 18.8. The van der Waals surface area contributed by atoms with Crippen molar-refractivity contribution in [1.82, 2.24) is 0 Å². The van der Waals surface area contributed by atoms with Gasteiger partial charge in [0.05, 0.1) is 14.2 Å². The van der Waals surface area contributed by atoms with Crippen LogP contribution in [0, 0.1) is 0 Å². The van der Waals surface area contributed by atoms with Gasteiger partial charge in [0.25, 0.3) is 0 Å². The SMILES string of the molecule is COc1ccc(NC(N)=NCCCCN(C)c2ccccc2)cc1OC. The summed E-state index contributed by atoms with van der Waals surface area (Å²) in [5.74, 6) is 1.72. The molecule has 0 saturated carbocycles. The van der Waals surface area contributed by atoms with E-state index in [1.807, 2.05) is 24.3 Å². The third-order valence-electron chi connectivity index (χ3n) is 4.04. The Hall–Kier alpha value is -2.89. The zero-order valence-electron chi connectivity index (χ0n) is 15.7. The van der Waals surface area contributed by atoms with Gasteiger partial charge in [0.15, 0.2) is 17.5 Å². The van der Waals surface area contributed by atoms with Crippen LogP contribution in [0.15, 0.2) is 53.5 Å². The molecule has 0 aliphatic carbocycles. The van der Waals surface area contributed by atoms with Crippen molar-refractivity contribution in [2.45, 2.75) is 12.8 Å². The lowest BCUT2D eigenvalue weighted by atomic mass is 10.2. The fraction of sp³-hybridized carbons (Fsp3) is 0.350. The maximum atomic E-state index is 5.96. The van der Waals surface area contributed by atoms with E-state index in [0.29, 0.717) is 24.0 Å². The topological polar surface area (TPSA) is 72.1 Å². The number of guanidine groups is 1. The molecule has 0 aliphatic rings. The summed E-state index contributed by atoms with van der Waals surface area (Å²) in [5.41, 5.74) is 8.00. The van der Waals surface area contributed by atoms with E-state index < -0.39 is 0 Å². The molecule has 2 aromatic carbocycles. The molecule has 2 aromatic rings. The van der Waals surface area contributed by atoms with Crippen molar-refractivity contribution < 1.29 is 9.47 Å². The molecule has 2 rings (SSSR count). The summed E-state index contributed by atoms with van der Waals surface area (Å²) < 4.78 is 10.5. The van der Waals surface area contributed by atoms with Crippen molar-refractivity contribution in [3.8, 4) is 11.5 Å². The Morgan fingerprint density at radius 1 is 1.04 bits per heavy atom. The largest absolute Gasteiger partial charge is 0.493 e. The number of ether oxygens (including phenoxy) is 2. The van der Waals surface area contributed by atoms with E-state index in [2.05, 4.69) is 46.5 Å². The van der Waals surface area contributed by atoms with Gasteiger partial charge in [-0.15, -0.1) is 0 Å². The van der Waals surface area contributed by atoms with Crippen LogP contribution in [-0.4, -0.2) is 40.3 Å². The second kappa shape index (κ2) is 10.2. The molecular weight excluding hydrogens is 328 g/mol. The normalized spacial score (nSPS) is 11.1. The first kappa shape index (κ1) is 19.4. The lowest BCUT2D eigenvalue weighted by Gasteiger charge is -2.18. The quantitative estimate of drug-likeness (QED) is 0.410. The van der Waals surface area contributed by atoms with E-state index in [1.54, 1.807) is 14.2 Å². The number of hydrogen-bond acceptors (Lipinski definition) is 4. The number of nitrogens with one attached hydrogen (secondary N) is 1. The van der Waals surface area contributed by atoms with Gasteiger partial charge in [-0.2, -0.15) is 0 Å². The summed E-state index contributed by atoms with van der Waals surface area (Å²) in [7, 11) is 5.31. The van der Waals surface area contributed by atoms with Gasteiger partial charge in [-0.25, -0.2) is 0 Å². The molecule has 3 N–H and O–H groups in total. The van der Waals surface area contributed by atoms with Crippen molar-refractivity contribution >= 4 is 17.3 Å². The average molecular weight is 356 g/mol. The molecule has 0 aliphatic heterocycles. The lowest BCUT2D eigenvalue weighted by molar-refractivity contribution is 0.355. The Morgan fingerprint density at radius 3 is 2.46 bits per heavy atom. The first-order valence-electron chi connectivity index (χ1n) is 8.69. The fourth-order valence-electron chi connectivity index (χ4n) is 2.57. The van der Waals surface area contributed by atoms with Crippen molar-refractivity contribution in [1.29, 1.82) is 0 Å². The minimum atomic E-state index is 0.397. The van der Waals surface area contributed by atoms with E-state index in [9.17, 15) is 0 Å². The molecule has 0 heterocycles. The molecule has 6 nitrogen and oxygen atoms in total. The summed E-state index contributed by atoms with van der Waals surface area (Å²) in [6.07, 6.45) is 2.03. The Labute approximate surface area is 155 Å². The number of rotatable bonds is 9. The van der Waals surface area contributed by atoms with Crippen LogP contribution in [0.4, 0.5) is 11.4 Å². The number of hydrogen-bond donors (Lipinski definition) is 2. The summed E-state index contributed by atoms with van der Waals surface area (Å²) in [4.78, 5) is 6.62. The highest BCUT2D eigenvalue weighted by molar-refractivity contribution is 5.92. The van der Waals surface area contributed by atoms with Gasteiger partial charge in [0.2, 0.25) is 0 Å². The smallest absolute Gasteiger partial charge is 0.193 e. The van der Waals surface area contributed by atoms with Crippen molar-refractivity contribution in [2.75, 3.05) is 44.6 Å². The molecule has 0 amide bonds. The van der Waals surface area contributed by atoms with Crippen LogP contribution in [0.5, 0.6) is 11.5 Å². The Kier molecular flexibility index (Phi) is 7.61. The maximum absolute atomic E-state index is 5.96. The summed E-state index contributed by atoms with van der Waals surface area (Å²) in [6, 6.07) is 15.9. The molecule has 0 fully saturated rings. The standard InChI is InChI=1S/C20H28N4O2/c1-24(17-9-5-4-6-10-17)14-8-7-13-22-20(21)23-16-11-12-18(25-2)19(15-16)26-3/h4-6,9-12,15H,7-8,13-14H2,1-3H3,(H3,21,22,23). The second-order valence-electron chi connectivity index (χ2n) is 5.93. The monoisotopic (exact) mass is 356 g/mol. The summed E-state index contributed by atoms with van der Waals surface area (Å²) in [5, 5.41) is 3.08. The highest BCUT2D eigenvalue weighted by atomic mass is 16.5. The molecule has 0 radical (unpaired) electrons. The van der Waals surface area contributed by atoms with Gasteiger partial charge >= 0.3 is 0 Å². The third-order valence-corrected chi connectivity index (χ3v) is 4.04. The van der Waals surface area contributed by atoms with Crippen LogP contribution in [-0.2, 0) is 0 Å². The predicted molar refractivity (Wildman–Crippen MR) is 109 cm³/mol. The van der Waals surface area contributed by atoms with Gasteiger partial charge < -0.3 is 25.4 Å². The van der Waals surface area contributed by atoms with Crippen LogP contribution in [0.25, 0.3) is 0 Å². The molecule has 0 unspecified atom stereocenters. The molecule has 0 saturated heterocycles. The van der Waals surface area contributed by atoms with Gasteiger partial charge in [-0.1, -0.05) is 18.2 Å². The van der Waals surface area contributed by atoms with E-state index in [0.717, 1.165) is 25.1 Å². The number of nitrogens with zero attached hydrogens (tertiary/aromatic N) is 2. The highest BCUT2D eigenvalue weighted by Crippen LogP contribution is 2.29. The number of aliphatic imine (C=N–C) groups is 1. The van der Waals surface area contributed by atoms with Gasteiger partial charge in [-0.05, 0) is 37.1 Å². The highest BCUT2D eigenvalue weighted by Gasteiger charge is 2.05. The fourth-order valence-corrected chi connectivity index (χ4v) is 2.57. The number of anilines is 2. The van der Waals surface area contributed by atoms with E-state index in [-0.39, 0.29) is 0 Å². The first-order chi connectivity index (χ1) is 12.6. The Balaban J connectivity index is 1.75. The van der Waals surface area contributed by atoms with E-state index in [4.69, 9.17) is 15.2 Å². The van der Waals surface area contributed by atoms with Crippen LogP contribution >= 0.6 is 0 Å². The van der Waals surface area contributed by atoms with Gasteiger partial charge in [0.1, 0.15) is 0 Å². The molecule has 140 valence electrons. The molecule has 0 atom stereocenters. The Bertz CT molecular complexity index is 704. The zero-order valence-corrected chi connectivity index (χ0v) is 15.7. The lowest BCUT2D eigenvalue weighted by Crippen LogP contribution is -2.23. The number of unbranched alkanes of at least 4 members (excludes halogenated alkanes) is 1. The molecule has 0 bridgehead atoms. The number of benzene rings is 2.